The van der Waals surface area contributed by atoms with Gasteiger partial charge in [-0.3, -0.25) is 14.4 Å². The van der Waals surface area contributed by atoms with E-state index in [1.165, 1.54) is 16.7 Å². The number of aliphatic hydroxyl groups is 1. The maximum absolute atomic E-state index is 13.7. The first-order valence-electron chi connectivity index (χ1n) is 13.4. The lowest BCUT2D eigenvalue weighted by atomic mass is 9.96. The molecule has 2 aromatic rings. The minimum absolute atomic E-state index is 0.203. The first-order chi connectivity index (χ1) is 18.6. The van der Waals surface area contributed by atoms with Crippen molar-refractivity contribution in [2.75, 3.05) is 18.2 Å². The van der Waals surface area contributed by atoms with Crippen LogP contribution in [0.25, 0.3) is 0 Å². The molecule has 40 heavy (non-hydrogen) atoms. The standard InChI is InChI=1S/C30H42N4O5S/c1-18-13-19(2)25(21(31)14-18)39-16-23(35)32-22(15-20-11-9-8-10-12-20)24(36)28(38)34-17-40-30(6,7)26(34)27(37)33-29(3,4)5/h8-14,22,24,26,36H,15-17,31H2,1-7H3,(H,32,35)(H,33,37)/t22-,24-,26+/m0/s1. The molecule has 0 bridgehead atoms. The van der Waals surface area contributed by atoms with Crippen LogP contribution in [0.15, 0.2) is 42.5 Å². The van der Waals surface area contributed by atoms with Crippen molar-refractivity contribution < 1.29 is 24.2 Å². The van der Waals surface area contributed by atoms with Crippen molar-refractivity contribution in [3.05, 3.63) is 59.2 Å². The summed E-state index contributed by atoms with van der Waals surface area (Å²) in [7, 11) is 0. The molecule has 1 saturated heterocycles. The van der Waals surface area contributed by atoms with E-state index in [2.05, 4.69) is 10.6 Å². The van der Waals surface area contributed by atoms with Crippen molar-refractivity contribution in [2.24, 2.45) is 0 Å². The average Bonchev–Trinajstić information content (AvgIpc) is 3.16. The quantitative estimate of drug-likeness (QED) is 0.341. The number of aliphatic hydroxyl groups excluding tert-OH is 1. The number of hydrogen-bond acceptors (Lipinski definition) is 7. The van der Waals surface area contributed by atoms with E-state index < -0.39 is 40.3 Å². The van der Waals surface area contributed by atoms with E-state index in [9.17, 15) is 19.5 Å². The highest BCUT2D eigenvalue weighted by atomic mass is 32.2. The van der Waals surface area contributed by atoms with Gasteiger partial charge in [-0.15, -0.1) is 11.8 Å². The van der Waals surface area contributed by atoms with Gasteiger partial charge in [-0.25, -0.2) is 0 Å². The fourth-order valence-corrected chi connectivity index (χ4v) is 6.01. The van der Waals surface area contributed by atoms with E-state index >= 15 is 0 Å². The molecule has 0 saturated carbocycles. The molecule has 3 atom stereocenters. The van der Waals surface area contributed by atoms with E-state index in [0.29, 0.717) is 11.4 Å². The number of nitrogen functional groups attached to an aromatic ring is 1. The number of nitrogens with one attached hydrogen (secondary N) is 2. The number of aryl methyl sites for hydroxylation is 2. The van der Waals surface area contributed by atoms with Gasteiger partial charge in [0.1, 0.15) is 11.8 Å². The Kier molecular flexibility index (Phi) is 9.79. The van der Waals surface area contributed by atoms with Crippen LogP contribution in [0.3, 0.4) is 0 Å². The van der Waals surface area contributed by atoms with E-state index in [0.717, 1.165) is 16.7 Å². The van der Waals surface area contributed by atoms with Crippen LogP contribution in [0.2, 0.25) is 0 Å². The Morgan fingerprint density at radius 3 is 2.42 bits per heavy atom. The molecule has 0 spiro atoms. The Morgan fingerprint density at radius 2 is 1.82 bits per heavy atom. The predicted octanol–water partition coefficient (Wildman–Crippen LogP) is 2.95. The molecular formula is C30H42N4O5S. The first kappa shape index (κ1) is 31.3. The Balaban J connectivity index is 1.80. The van der Waals surface area contributed by atoms with Gasteiger partial charge in [0.15, 0.2) is 12.7 Å². The smallest absolute Gasteiger partial charge is 0.258 e. The summed E-state index contributed by atoms with van der Waals surface area (Å²) in [6.07, 6.45) is -1.39. The maximum Gasteiger partial charge on any atom is 0.258 e. The topological polar surface area (TPSA) is 134 Å². The molecule has 9 nitrogen and oxygen atoms in total. The third kappa shape index (κ3) is 7.91. The third-order valence-electron chi connectivity index (χ3n) is 6.65. The number of thioether (sulfide) groups is 1. The van der Waals surface area contributed by atoms with Gasteiger partial charge in [-0.2, -0.15) is 0 Å². The molecule has 3 rings (SSSR count). The normalized spacial score (nSPS) is 18.1. The molecule has 0 aromatic heterocycles. The second-order valence-corrected chi connectivity index (χ2v) is 13.5. The summed E-state index contributed by atoms with van der Waals surface area (Å²) in [6, 6.07) is 11.2. The minimum atomic E-state index is -1.59. The van der Waals surface area contributed by atoms with Crippen LogP contribution in [0.4, 0.5) is 5.69 Å². The van der Waals surface area contributed by atoms with Crippen LogP contribution in [0.1, 0.15) is 51.3 Å². The molecule has 1 fully saturated rings. The Morgan fingerprint density at radius 1 is 1.18 bits per heavy atom. The summed E-state index contributed by atoms with van der Waals surface area (Å²) in [4.78, 5) is 41.4. The first-order valence-corrected chi connectivity index (χ1v) is 14.3. The summed E-state index contributed by atoms with van der Waals surface area (Å²) >= 11 is 1.47. The summed E-state index contributed by atoms with van der Waals surface area (Å²) in [5.74, 6) is -0.753. The van der Waals surface area contributed by atoms with Gasteiger partial charge in [0.05, 0.1) is 17.6 Å². The predicted molar refractivity (Wildman–Crippen MR) is 159 cm³/mol. The second kappa shape index (κ2) is 12.5. The van der Waals surface area contributed by atoms with Gasteiger partial charge in [0.2, 0.25) is 5.91 Å². The molecule has 1 aliphatic rings. The van der Waals surface area contributed by atoms with E-state index in [1.54, 1.807) is 6.07 Å². The molecule has 3 amide bonds. The summed E-state index contributed by atoms with van der Waals surface area (Å²) in [6.45, 7) is 12.9. The SMILES string of the molecule is Cc1cc(C)c(OCC(=O)N[C@@H](Cc2ccccc2)[C@H](O)C(=O)N2CSC(C)(C)[C@H]2C(=O)NC(C)(C)C)c(N)c1. The average molecular weight is 571 g/mol. The van der Waals surface area contributed by atoms with Gasteiger partial charge >= 0.3 is 0 Å². The minimum Gasteiger partial charge on any atom is -0.481 e. The zero-order valence-corrected chi connectivity index (χ0v) is 25.2. The highest BCUT2D eigenvalue weighted by Gasteiger charge is 2.50. The van der Waals surface area contributed by atoms with Gasteiger partial charge in [-0.05, 0) is 77.6 Å². The zero-order chi connectivity index (χ0) is 29.8. The second-order valence-electron chi connectivity index (χ2n) is 11.9. The molecule has 1 aliphatic heterocycles. The van der Waals surface area contributed by atoms with Gasteiger partial charge < -0.3 is 31.1 Å². The van der Waals surface area contributed by atoms with Gasteiger partial charge in [0, 0.05) is 10.3 Å². The fourth-order valence-electron chi connectivity index (χ4n) is 4.87. The summed E-state index contributed by atoms with van der Waals surface area (Å²) in [5, 5.41) is 17.1. The lowest BCUT2D eigenvalue weighted by Gasteiger charge is -2.35. The molecular weight excluding hydrogens is 528 g/mol. The van der Waals surface area contributed by atoms with Gasteiger partial charge in [0.25, 0.3) is 11.8 Å². The number of nitrogens with two attached hydrogens (primary N) is 1. The lowest BCUT2D eigenvalue weighted by Crippen LogP contribution is -2.60. The number of amides is 3. The molecule has 218 valence electrons. The lowest BCUT2D eigenvalue weighted by molar-refractivity contribution is -0.148. The van der Waals surface area contributed by atoms with Crippen LogP contribution >= 0.6 is 11.8 Å². The molecule has 0 aliphatic carbocycles. The summed E-state index contributed by atoms with van der Waals surface area (Å²) in [5.41, 5.74) is 8.63. The molecule has 1 heterocycles. The fraction of sp³-hybridized carbons (Fsp3) is 0.500. The monoisotopic (exact) mass is 570 g/mol. The Bertz CT molecular complexity index is 1210. The maximum atomic E-state index is 13.7. The number of nitrogens with zero attached hydrogens (tertiary/aromatic N) is 1. The molecule has 10 heteroatoms. The van der Waals surface area contributed by atoms with Crippen molar-refractivity contribution in [3.63, 3.8) is 0 Å². The number of hydrogen-bond donors (Lipinski definition) is 4. The van der Waals surface area contributed by atoms with Crippen LogP contribution in [0.5, 0.6) is 5.75 Å². The van der Waals surface area contributed by atoms with Crippen LogP contribution in [0, 0.1) is 13.8 Å². The zero-order valence-electron chi connectivity index (χ0n) is 24.4. The highest BCUT2D eigenvalue weighted by molar-refractivity contribution is 8.00. The largest absolute Gasteiger partial charge is 0.481 e. The Hall–Kier alpha value is -3.24. The number of rotatable bonds is 9. The summed E-state index contributed by atoms with van der Waals surface area (Å²) < 4.78 is 5.16. The number of carbonyl (C=O) groups excluding carboxylic acids is 3. The van der Waals surface area contributed by atoms with E-state index in [4.69, 9.17) is 10.5 Å². The van der Waals surface area contributed by atoms with Crippen LogP contribution in [-0.4, -0.2) is 68.7 Å². The van der Waals surface area contributed by atoms with Crippen molar-refractivity contribution in [2.45, 2.75) is 83.4 Å². The van der Waals surface area contributed by atoms with Crippen LogP contribution < -0.4 is 21.1 Å². The number of carbonyl (C=O) groups is 3. The highest BCUT2D eigenvalue weighted by Crippen LogP contribution is 2.40. The molecule has 5 N–H and O–H groups in total. The van der Waals surface area contributed by atoms with Crippen molar-refractivity contribution in [1.29, 1.82) is 0 Å². The number of ether oxygens (including phenoxy) is 1. The number of anilines is 1. The van der Waals surface area contributed by atoms with Crippen molar-refractivity contribution >= 4 is 35.2 Å². The third-order valence-corrected chi connectivity index (χ3v) is 8.02. The Labute approximate surface area is 241 Å². The van der Waals surface area contributed by atoms with Crippen LogP contribution in [-0.2, 0) is 20.8 Å². The van der Waals surface area contributed by atoms with E-state index in [1.807, 2.05) is 84.9 Å². The number of benzene rings is 2. The molecule has 2 aromatic carbocycles. The molecule has 0 radical (unpaired) electrons. The van der Waals surface area contributed by atoms with Crippen molar-refractivity contribution in [1.82, 2.24) is 15.5 Å². The van der Waals surface area contributed by atoms with Crippen molar-refractivity contribution in [3.8, 4) is 5.75 Å². The van der Waals surface area contributed by atoms with E-state index in [-0.39, 0.29) is 24.8 Å². The molecule has 0 unspecified atom stereocenters. The van der Waals surface area contributed by atoms with Gasteiger partial charge in [-0.1, -0.05) is 36.4 Å².